The number of hydrogen-bond donors (Lipinski definition) is 5. The van der Waals surface area contributed by atoms with Crippen LogP contribution in [-0.4, -0.2) is 84.7 Å². The van der Waals surface area contributed by atoms with E-state index in [0.717, 1.165) is 38.5 Å². The fourth-order valence-electron chi connectivity index (χ4n) is 7.03. The summed E-state index contributed by atoms with van der Waals surface area (Å²) in [6.07, 6.45) is 5.33. The first-order valence-corrected chi connectivity index (χ1v) is 17.9. The number of benzene rings is 2. The van der Waals surface area contributed by atoms with Crippen LogP contribution < -0.4 is 0 Å². The Morgan fingerprint density at radius 1 is 0.808 bits per heavy atom. The van der Waals surface area contributed by atoms with Gasteiger partial charge in [-0.15, -0.1) is 0 Å². The van der Waals surface area contributed by atoms with E-state index in [0.29, 0.717) is 0 Å². The van der Waals surface area contributed by atoms with Gasteiger partial charge in [-0.1, -0.05) is 98.8 Å². The molecule has 0 saturated carbocycles. The third kappa shape index (κ3) is 8.98. The van der Waals surface area contributed by atoms with Gasteiger partial charge in [0, 0.05) is 12.8 Å². The second kappa shape index (κ2) is 17.9. The smallest absolute Gasteiger partial charge is 0.344 e. The monoisotopic (exact) mass is 722 g/mol. The topological polar surface area (TPSA) is 197 Å². The van der Waals surface area contributed by atoms with Gasteiger partial charge in [0.05, 0.1) is 0 Å². The molecule has 2 aliphatic rings. The number of aliphatic hydroxyl groups is 2. The van der Waals surface area contributed by atoms with Gasteiger partial charge in [-0.2, -0.15) is 0 Å². The number of aliphatic carboxylic acids is 3. The number of esters is 1. The lowest BCUT2D eigenvalue weighted by Crippen LogP contribution is -2.78. The Morgan fingerprint density at radius 2 is 1.33 bits per heavy atom. The van der Waals surface area contributed by atoms with Crippen molar-refractivity contribution >= 4 is 23.9 Å². The van der Waals surface area contributed by atoms with E-state index >= 15 is 0 Å². The molecule has 282 valence electrons. The number of carbonyl (C=O) groups excluding carboxylic acids is 1. The number of hydrogen-bond acceptors (Lipinski definition) is 9. The number of rotatable bonds is 20. The molecule has 0 amide bonds. The van der Waals surface area contributed by atoms with E-state index in [1.165, 1.54) is 11.1 Å². The normalized spacial score (nSPS) is 28.1. The maximum atomic E-state index is 13.1. The molecular formula is C40H50O12. The lowest BCUT2D eigenvalue weighted by molar-refractivity contribution is -0.373. The molecule has 2 fully saturated rings. The predicted molar refractivity (Wildman–Crippen MR) is 189 cm³/mol. The number of ether oxygens (including phenoxy) is 3. The summed E-state index contributed by atoms with van der Waals surface area (Å²) in [5.41, 5.74) is -4.75. The zero-order valence-electron chi connectivity index (χ0n) is 29.6. The van der Waals surface area contributed by atoms with Crippen LogP contribution in [0.1, 0.15) is 76.3 Å². The molecule has 0 radical (unpaired) electrons. The Kier molecular flexibility index (Phi) is 13.9. The minimum Gasteiger partial charge on any atom is -0.479 e. The molecule has 2 heterocycles. The average Bonchev–Trinajstić information content (AvgIpc) is 3.32. The number of aryl methyl sites for hydroxylation is 2. The van der Waals surface area contributed by atoms with Crippen molar-refractivity contribution in [3.8, 4) is 0 Å². The summed E-state index contributed by atoms with van der Waals surface area (Å²) in [5.74, 6) is -9.55. The van der Waals surface area contributed by atoms with E-state index in [1.807, 2.05) is 62.4 Å². The number of carbonyl (C=O) groups is 4. The van der Waals surface area contributed by atoms with E-state index in [1.54, 1.807) is 12.2 Å². The van der Waals surface area contributed by atoms with Gasteiger partial charge in [0.15, 0.2) is 6.10 Å². The van der Waals surface area contributed by atoms with E-state index in [2.05, 4.69) is 24.3 Å². The third-order valence-electron chi connectivity index (χ3n) is 9.90. The highest BCUT2D eigenvalue weighted by molar-refractivity contribution is 5.98. The molecule has 0 aliphatic carbocycles. The first-order chi connectivity index (χ1) is 24.8. The first-order valence-electron chi connectivity index (χ1n) is 17.9. The number of aliphatic hydroxyl groups excluding tert-OH is 1. The number of carboxylic acid groups (broad SMARTS) is 3. The number of allylic oxidation sites excluding steroid dienone is 4. The lowest BCUT2D eigenvalue weighted by Gasteiger charge is -2.48. The maximum Gasteiger partial charge on any atom is 0.344 e. The van der Waals surface area contributed by atoms with Crippen molar-refractivity contribution in [1.29, 1.82) is 0 Å². The Bertz CT molecular complexity index is 1580. The van der Waals surface area contributed by atoms with E-state index in [4.69, 9.17) is 14.2 Å². The van der Waals surface area contributed by atoms with E-state index < -0.39 is 59.2 Å². The molecule has 2 aromatic rings. The van der Waals surface area contributed by atoms with E-state index in [-0.39, 0.29) is 37.5 Å². The quantitative estimate of drug-likeness (QED) is 0.0897. The van der Waals surface area contributed by atoms with Crippen LogP contribution in [0.3, 0.4) is 0 Å². The number of fused-ring (bicyclic) bond motifs is 2. The summed E-state index contributed by atoms with van der Waals surface area (Å²) in [6, 6.07) is 20.1. The molecule has 2 aliphatic heterocycles. The Morgan fingerprint density at radius 3 is 1.81 bits per heavy atom. The molecule has 0 aromatic heterocycles. The summed E-state index contributed by atoms with van der Waals surface area (Å²) < 4.78 is 16.6. The van der Waals surface area contributed by atoms with Gasteiger partial charge in [-0.25, -0.2) is 14.4 Å². The summed E-state index contributed by atoms with van der Waals surface area (Å²) in [5, 5.41) is 53.3. The van der Waals surface area contributed by atoms with Crippen LogP contribution in [0.15, 0.2) is 85.0 Å². The highest BCUT2D eigenvalue weighted by atomic mass is 16.8. The molecule has 0 spiro atoms. The Labute approximate surface area is 303 Å². The molecule has 12 nitrogen and oxygen atoms in total. The molecule has 2 saturated heterocycles. The second-order valence-corrected chi connectivity index (χ2v) is 13.9. The van der Waals surface area contributed by atoms with Crippen LogP contribution in [0.5, 0.6) is 0 Å². The van der Waals surface area contributed by atoms with Gasteiger partial charge in [0.1, 0.15) is 6.10 Å². The van der Waals surface area contributed by atoms with Crippen LogP contribution in [0, 0.1) is 11.8 Å². The van der Waals surface area contributed by atoms with Crippen molar-refractivity contribution in [3.05, 3.63) is 96.1 Å². The van der Waals surface area contributed by atoms with Gasteiger partial charge >= 0.3 is 23.9 Å². The van der Waals surface area contributed by atoms with Crippen LogP contribution in [0.4, 0.5) is 0 Å². The molecule has 2 aromatic carbocycles. The SMILES string of the molecule is C[C@H](/C=C/CCC(=O)O[C@@H]1[C@@H](O)C2(CC/C=C/[C@H](C)CCCc3ccccc3)O[C@H](C(=O)O)[C@@](O)(C(=O)O)C1(C(=O)O)O2)CCCc1ccccc1. The van der Waals surface area contributed by atoms with Gasteiger partial charge in [0.25, 0.3) is 0 Å². The third-order valence-corrected chi connectivity index (χ3v) is 9.90. The predicted octanol–water partition coefficient (Wildman–Crippen LogP) is 5.10. The van der Waals surface area contributed by atoms with Crippen molar-refractivity contribution in [3.63, 3.8) is 0 Å². The summed E-state index contributed by atoms with van der Waals surface area (Å²) >= 11 is 0. The fourth-order valence-corrected chi connectivity index (χ4v) is 7.03. The molecule has 12 heteroatoms. The summed E-state index contributed by atoms with van der Waals surface area (Å²) in [6.45, 7) is 4.05. The van der Waals surface area contributed by atoms with Crippen molar-refractivity contribution in [2.24, 2.45) is 11.8 Å². The zero-order valence-corrected chi connectivity index (χ0v) is 29.6. The largest absolute Gasteiger partial charge is 0.479 e. The van der Waals surface area contributed by atoms with Crippen molar-refractivity contribution in [2.75, 3.05) is 0 Å². The average molecular weight is 723 g/mol. The van der Waals surface area contributed by atoms with Crippen LogP contribution >= 0.6 is 0 Å². The summed E-state index contributed by atoms with van der Waals surface area (Å²) in [4.78, 5) is 50.8. The Hall–Kier alpha value is -4.36. The molecule has 4 rings (SSSR count). The molecule has 8 atom stereocenters. The zero-order chi connectivity index (χ0) is 37.9. The van der Waals surface area contributed by atoms with Gasteiger partial charge in [-0.05, 0) is 74.3 Å². The highest BCUT2D eigenvalue weighted by Gasteiger charge is 2.85. The lowest BCUT2D eigenvalue weighted by atomic mass is 9.74. The minimum absolute atomic E-state index is 0.0859. The van der Waals surface area contributed by atoms with Crippen LogP contribution in [-0.2, 0) is 46.2 Å². The fraction of sp³-hybridized carbons (Fsp3) is 0.500. The van der Waals surface area contributed by atoms with Gasteiger partial charge in [-0.3, -0.25) is 4.79 Å². The van der Waals surface area contributed by atoms with E-state index in [9.17, 15) is 44.7 Å². The second-order valence-electron chi connectivity index (χ2n) is 13.9. The molecule has 52 heavy (non-hydrogen) atoms. The molecule has 2 unspecified atom stereocenters. The van der Waals surface area contributed by atoms with Crippen molar-refractivity contribution < 1.29 is 58.9 Å². The summed E-state index contributed by atoms with van der Waals surface area (Å²) in [7, 11) is 0. The Balaban J connectivity index is 1.43. The molecular weight excluding hydrogens is 672 g/mol. The van der Waals surface area contributed by atoms with Gasteiger partial charge in [0.2, 0.25) is 23.1 Å². The van der Waals surface area contributed by atoms with Crippen molar-refractivity contribution in [2.45, 2.75) is 113 Å². The molecule has 5 N–H and O–H groups in total. The van der Waals surface area contributed by atoms with Crippen molar-refractivity contribution in [1.82, 2.24) is 0 Å². The maximum absolute atomic E-state index is 13.1. The highest BCUT2D eigenvalue weighted by Crippen LogP contribution is 2.55. The standard InChI is InChI=1S/C40H50O12/c1-27(17-13-23-29-19-5-3-6-20-29)15-9-10-25-31(41)50-33-32(42)38(26-12-11-16-28(2)18-14-24-30-21-7-4-8-22-30)51-34(35(43)44)39(49,36(45)46)40(33,52-38)37(47)48/h3-9,11,15-16,19-22,27-28,32-34,42,49H,10,12-14,17-18,23-26H2,1-2H3,(H,43,44)(H,45,46)(H,47,48)/b15-9+,16-11+/t27-,28+,32-,33-,34-,38?,39-,40?/m1/s1. The number of carboxylic acids is 3. The van der Waals surface area contributed by atoms with Gasteiger partial charge < -0.3 is 39.7 Å². The first kappa shape index (κ1) is 40.4. The molecule has 2 bridgehead atoms. The minimum atomic E-state index is -3.80. The van der Waals surface area contributed by atoms with Crippen LogP contribution in [0.2, 0.25) is 0 Å². The van der Waals surface area contributed by atoms with Crippen LogP contribution in [0.25, 0.3) is 0 Å².